The Morgan fingerprint density at radius 2 is 0.746 bits per heavy atom. The number of furan rings is 2. The Kier molecular flexibility index (Phi) is 31.7. The Labute approximate surface area is 668 Å². The molecule has 22 heteroatoms. The van der Waals surface area contributed by atoms with Crippen molar-refractivity contribution in [2.45, 2.75) is 116 Å². The number of nitrogens with zero attached hydrogens (tertiary/aromatic N) is 7. The van der Waals surface area contributed by atoms with Crippen LogP contribution < -0.4 is 14.2 Å². The molecule has 0 fully saturated rings. The molecule has 0 saturated heterocycles. The highest BCUT2D eigenvalue weighted by Crippen LogP contribution is 2.29. The topological polar surface area (TPSA) is 294 Å². The Bertz CT molecular complexity index is 4480. The molecule has 3 atom stereocenters. The molecule has 114 heavy (non-hydrogen) atoms. The number of nitrogens with one attached hydrogen (secondary N) is 1. The summed E-state index contributed by atoms with van der Waals surface area (Å²) in [4.78, 5) is 91.2. The number of para-hydroxylation sites is 3. The zero-order valence-electron chi connectivity index (χ0n) is 66.4. The van der Waals surface area contributed by atoms with E-state index in [-0.39, 0.29) is 37.0 Å². The highest BCUT2D eigenvalue weighted by atomic mass is 16.5. The van der Waals surface area contributed by atoms with Crippen LogP contribution in [0.25, 0.3) is 33.6 Å². The molecule has 6 aromatic carbocycles. The largest absolute Gasteiger partial charge is 0.493 e. The maximum atomic E-state index is 13.8. The van der Waals surface area contributed by atoms with Crippen LogP contribution in [0.3, 0.4) is 0 Å². The average Bonchev–Trinajstić information content (AvgIpc) is 1.36. The van der Waals surface area contributed by atoms with E-state index in [0.29, 0.717) is 154 Å². The fourth-order valence-electron chi connectivity index (χ4n) is 12.1. The maximum absolute atomic E-state index is 13.8. The van der Waals surface area contributed by atoms with Crippen LogP contribution in [0, 0.1) is 0 Å². The third-order valence-electron chi connectivity index (χ3n) is 18.2. The van der Waals surface area contributed by atoms with Crippen molar-refractivity contribution in [3.63, 3.8) is 0 Å². The molecular formula is C92H96N8O14. The van der Waals surface area contributed by atoms with Gasteiger partial charge in [-0.3, -0.25) is 48.8 Å². The first kappa shape index (κ1) is 78.9. The van der Waals surface area contributed by atoms with Crippen LogP contribution in [0.1, 0.15) is 146 Å². The molecule has 0 aliphatic carbocycles. The summed E-state index contributed by atoms with van der Waals surface area (Å²) in [6.07, 6.45) is 21.6. The first-order chi connectivity index (χ1) is 57.1. The second-order valence-electron chi connectivity index (χ2n) is 26.6. The van der Waals surface area contributed by atoms with Crippen LogP contribution in [-0.4, -0.2) is 130 Å². The number of hydrogen-bond acceptors (Lipinski definition) is 15. The number of carbonyl (C=O) groups is 6. The Hall–Kier alpha value is -13.2. The van der Waals surface area contributed by atoms with Crippen LogP contribution in [0.2, 0.25) is 0 Å². The number of carboxylic acid groups (broad SMARTS) is 3. The summed E-state index contributed by atoms with van der Waals surface area (Å²) in [7, 11) is 0. The lowest BCUT2D eigenvalue weighted by atomic mass is 10.1. The summed E-state index contributed by atoms with van der Waals surface area (Å²) in [5, 5.41) is 33.2. The number of benzene rings is 6. The van der Waals surface area contributed by atoms with Crippen LogP contribution in [-0.2, 0) is 53.2 Å². The molecule has 6 heterocycles. The van der Waals surface area contributed by atoms with E-state index in [4.69, 9.17) is 42.5 Å². The fourth-order valence-corrected chi connectivity index (χ4v) is 12.1. The SMILES string of the molecule is [2H]C(c1ccccc1OCCCCCC(=O)O)N(CCc1ccccn1)C(=O)c1ccc(-c2ccco2)cc1.[2H]C(c1ccccc1OCCCCCC(=O)O)N(CCc1ccccn1)C(=O)c1ccc(-c2ccoc2)cc1.[2H]C(c1ccccc1OCCCCCC(=O)O)N(CCc1ccccn1)C(=O)c1ccc(-c2cn[nH]c2)cc1. The van der Waals surface area contributed by atoms with Gasteiger partial charge >= 0.3 is 17.9 Å². The van der Waals surface area contributed by atoms with Gasteiger partial charge in [-0.05, 0) is 178 Å². The quantitative estimate of drug-likeness (QED) is 0.0258. The lowest BCUT2D eigenvalue weighted by molar-refractivity contribution is -0.138. The summed E-state index contributed by atoms with van der Waals surface area (Å²) in [5.41, 5.74) is 10.3. The predicted molar refractivity (Wildman–Crippen MR) is 434 cm³/mol. The molecule has 588 valence electrons. The van der Waals surface area contributed by atoms with Crippen molar-refractivity contribution in [1.29, 1.82) is 0 Å². The zero-order chi connectivity index (χ0) is 82.4. The molecule has 22 nitrogen and oxygen atoms in total. The molecule has 6 aromatic heterocycles. The van der Waals surface area contributed by atoms with E-state index in [1.807, 2.05) is 146 Å². The zero-order valence-corrected chi connectivity index (χ0v) is 63.4. The maximum Gasteiger partial charge on any atom is 0.303 e. The number of carboxylic acids is 3. The molecule has 3 amide bonds. The average molecular weight is 1540 g/mol. The molecule has 4 N–H and O–H groups in total. The van der Waals surface area contributed by atoms with Crippen molar-refractivity contribution in [2.75, 3.05) is 39.5 Å². The van der Waals surface area contributed by atoms with Gasteiger partial charge in [0.1, 0.15) is 23.0 Å². The molecule has 0 aliphatic heterocycles. The third kappa shape index (κ3) is 27.6. The first-order valence-electron chi connectivity index (χ1n) is 39.9. The van der Waals surface area contributed by atoms with Crippen molar-refractivity contribution < 1.29 is 71.2 Å². The highest BCUT2D eigenvalue weighted by molar-refractivity contribution is 5.96. The third-order valence-corrected chi connectivity index (χ3v) is 18.2. The van der Waals surface area contributed by atoms with E-state index in [2.05, 4.69) is 25.1 Å². The van der Waals surface area contributed by atoms with Crippen molar-refractivity contribution >= 4 is 35.6 Å². The van der Waals surface area contributed by atoms with E-state index in [1.165, 1.54) is 14.7 Å². The standard InChI is InChI=1S/2C31H32N2O5.C30H32N4O4/c34-30(35)13-2-1-7-21-37-29-11-4-3-9-26(29)23-33(20-18-27-10-5-6-19-32-27)31(36)25-16-14-24(15-17-25)28-12-8-22-38-28;34-30(35)11-2-1-7-20-38-29-10-4-3-8-26(29)22-33(19-16-28-9-5-6-18-32-28)31(36)25-14-12-24(13-15-25)27-17-21-37-23-27;35-29(36)11-2-1-7-19-38-28-10-4-3-8-25(28)22-34(18-16-27-9-5-6-17-31-27)30(37)24-14-12-23(13-15-24)26-20-32-33-21-26/h3-6,8-12,14-17,19,22H,1-2,7,13,18,20-21,23H2,(H,34,35);3-6,8-10,12-15,17-18,21,23H,1-2,7,11,16,19-20,22H2,(H,34,35);3-6,8-10,12-15,17,20-21H,1-2,7,11,16,18-19,22H2,(H,32,33)(H,35,36)/i23D;2*22D. The van der Waals surface area contributed by atoms with Gasteiger partial charge in [0.2, 0.25) is 0 Å². The number of ether oxygens (including phenoxy) is 3. The number of hydrogen-bond donors (Lipinski definition) is 4. The Balaban J connectivity index is 0.000000185. The minimum Gasteiger partial charge on any atom is -0.493 e. The summed E-state index contributed by atoms with van der Waals surface area (Å²) in [6, 6.07) is 66.0. The van der Waals surface area contributed by atoms with Gasteiger partial charge in [-0.25, -0.2) is 0 Å². The molecule has 12 aromatic rings. The number of aliphatic carboxylic acids is 3. The lowest BCUT2D eigenvalue weighted by Gasteiger charge is -2.24. The molecular weight excluding hydrogens is 1440 g/mol. The van der Waals surface area contributed by atoms with Crippen LogP contribution >= 0.6 is 0 Å². The summed E-state index contributed by atoms with van der Waals surface area (Å²) >= 11 is 0. The van der Waals surface area contributed by atoms with Gasteiger partial charge in [0, 0.05) is 170 Å². The number of pyridine rings is 3. The number of aromatic nitrogens is 5. The van der Waals surface area contributed by atoms with E-state index >= 15 is 0 Å². The van der Waals surface area contributed by atoms with Gasteiger partial charge < -0.3 is 53.1 Å². The van der Waals surface area contributed by atoms with Gasteiger partial charge in [0.15, 0.2) is 0 Å². The van der Waals surface area contributed by atoms with Gasteiger partial charge in [-0.2, -0.15) is 5.10 Å². The van der Waals surface area contributed by atoms with Gasteiger partial charge in [0.05, 0.1) is 48.9 Å². The molecule has 12 rings (SSSR count). The molecule has 3 unspecified atom stereocenters. The number of amides is 3. The van der Waals surface area contributed by atoms with Crippen molar-refractivity contribution in [3.05, 3.63) is 319 Å². The van der Waals surface area contributed by atoms with Gasteiger partial charge in [0.25, 0.3) is 17.7 Å². The van der Waals surface area contributed by atoms with Crippen molar-refractivity contribution in [2.24, 2.45) is 0 Å². The fraction of sp³-hybridized carbons (Fsp3) is 0.261. The number of aromatic amines is 1. The summed E-state index contributed by atoms with van der Waals surface area (Å²) in [5.74, 6) is -0.836. The lowest BCUT2D eigenvalue weighted by Crippen LogP contribution is -2.32. The smallest absolute Gasteiger partial charge is 0.303 e. The van der Waals surface area contributed by atoms with Crippen LogP contribution in [0.5, 0.6) is 17.2 Å². The molecule has 0 bridgehead atoms. The Morgan fingerprint density at radius 3 is 1.07 bits per heavy atom. The van der Waals surface area contributed by atoms with Crippen molar-refractivity contribution in [3.8, 4) is 50.8 Å². The predicted octanol–water partition coefficient (Wildman–Crippen LogP) is 17.9. The minimum absolute atomic E-state index is 0.140. The number of carbonyl (C=O) groups excluding carboxylic acids is 3. The monoisotopic (exact) mass is 1540 g/mol. The highest BCUT2D eigenvalue weighted by Gasteiger charge is 2.23. The molecule has 0 saturated carbocycles. The van der Waals surface area contributed by atoms with E-state index in [1.54, 1.807) is 123 Å². The molecule has 0 radical (unpaired) electrons. The second-order valence-corrected chi connectivity index (χ2v) is 26.6. The molecule has 0 aliphatic rings. The van der Waals surface area contributed by atoms with Gasteiger partial charge in [-0.1, -0.05) is 109 Å². The summed E-state index contributed by atoms with van der Waals surface area (Å²) in [6.45, 7) is -0.896. The number of H-pyrrole nitrogens is 1. The normalized spacial score (nSPS) is 11.9. The number of unbranched alkanes of at least 4 members (excludes halogenated alkanes) is 6. The van der Waals surface area contributed by atoms with Crippen LogP contribution in [0.4, 0.5) is 0 Å². The van der Waals surface area contributed by atoms with Crippen LogP contribution in [0.15, 0.2) is 277 Å². The number of rotatable bonds is 42. The summed E-state index contributed by atoms with van der Waals surface area (Å²) < 4.78 is 56.0. The molecule has 0 spiro atoms. The van der Waals surface area contributed by atoms with E-state index in [0.717, 1.165) is 64.2 Å². The Morgan fingerprint density at radius 1 is 0.377 bits per heavy atom. The van der Waals surface area contributed by atoms with E-state index in [9.17, 15) is 28.8 Å². The van der Waals surface area contributed by atoms with Crippen molar-refractivity contribution in [1.82, 2.24) is 39.8 Å². The van der Waals surface area contributed by atoms with E-state index < -0.39 is 37.5 Å². The van der Waals surface area contributed by atoms with Gasteiger partial charge in [-0.15, -0.1) is 0 Å². The minimum atomic E-state index is -1.01. The second kappa shape index (κ2) is 45.8. The first-order valence-corrected chi connectivity index (χ1v) is 38.1.